The minimum Gasteiger partial charge on any atom is -0.478 e. The number of carboxylic acids is 1. The standard InChI is InChI=1S/C11H11N3O2/c1-7-3-4-8(2)14(7)11-12-5-9(6-13-11)10(15)16/h3-6H,1-2H3,(H,15,16). The summed E-state index contributed by atoms with van der Waals surface area (Å²) in [5, 5.41) is 8.73. The highest BCUT2D eigenvalue weighted by atomic mass is 16.4. The number of hydrogen-bond donors (Lipinski definition) is 1. The molecule has 2 rings (SSSR count). The summed E-state index contributed by atoms with van der Waals surface area (Å²) in [5.74, 6) is -0.530. The highest BCUT2D eigenvalue weighted by molar-refractivity contribution is 5.86. The number of carbonyl (C=O) groups is 1. The summed E-state index contributed by atoms with van der Waals surface area (Å²) < 4.78 is 1.87. The zero-order chi connectivity index (χ0) is 11.7. The fourth-order valence-corrected chi connectivity index (χ4v) is 1.53. The summed E-state index contributed by atoms with van der Waals surface area (Å²) >= 11 is 0. The minimum absolute atomic E-state index is 0.0891. The summed E-state index contributed by atoms with van der Waals surface area (Å²) in [7, 11) is 0. The smallest absolute Gasteiger partial charge is 0.338 e. The topological polar surface area (TPSA) is 68.0 Å². The van der Waals surface area contributed by atoms with Gasteiger partial charge >= 0.3 is 5.97 Å². The normalized spacial score (nSPS) is 10.4. The van der Waals surface area contributed by atoms with E-state index in [9.17, 15) is 4.79 Å². The molecule has 0 saturated heterocycles. The van der Waals surface area contributed by atoms with Crippen molar-refractivity contribution in [1.82, 2.24) is 14.5 Å². The van der Waals surface area contributed by atoms with Crippen molar-refractivity contribution in [2.75, 3.05) is 0 Å². The number of carboxylic acid groups (broad SMARTS) is 1. The molecule has 0 atom stereocenters. The Labute approximate surface area is 92.4 Å². The van der Waals surface area contributed by atoms with Crippen LogP contribution < -0.4 is 0 Å². The highest BCUT2D eigenvalue weighted by Gasteiger charge is 2.08. The lowest BCUT2D eigenvalue weighted by atomic mass is 10.3. The number of aromatic nitrogens is 3. The monoisotopic (exact) mass is 217 g/mol. The summed E-state index contributed by atoms with van der Waals surface area (Å²) in [6, 6.07) is 3.92. The van der Waals surface area contributed by atoms with Gasteiger partial charge in [-0.1, -0.05) is 0 Å². The van der Waals surface area contributed by atoms with Crippen LogP contribution in [0.4, 0.5) is 0 Å². The molecule has 0 fully saturated rings. The average molecular weight is 217 g/mol. The van der Waals surface area contributed by atoms with Crippen molar-refractivity contribution < 1.29 is 9.90 Å². The number of hydrogen-bond acceptors (Lipinski definition) is 3. The van der Waals surface area contributed by atoms with Crippen LogP contribution >= 0.6 is 0 Å². The molecular formula is C11H11N3O2. The summed E-state index contributed by atoms with van der Waals surface area (Å²) in [4.78, 5) is 18.7. The third kappa shape index (κ3) is 1.67. The van der Waals surface area contributed by atoms with E-state index >= 15 is 0 Å². The second kappa shape index (κ2) is 3.77. The van der Waals surface area contributed by atoms with Gasteiger partial charge in [-0.3, -0.25) is 4.57 Å². The SMILES string of the molecule is Cc1ccc(C)n1-c1ncc(C(=O)O)cn1. The molecule has 0 aliphatic carbocycles. The first kappa shape index (κ1) is 10.4. The van der Waals surface area contributed by atoms with Crippen LogP contribution in [0.15, 0.2) is 24.5 Å². The Morgan fingerprint density at radius 1 is 1.19 bits per heavy atom. The van der Waals surface area contributed by atoms with E-state index in [2.05, 4.69) is 9.97 Å². The molecule has 5 nitrogen and oxygen atoms in total. The Morgan fingerprint density at radius 2 is 1.69 bits per heavy atom. The maximum absolute atomic E-state index is 10.6. The van der Waals surface area contributed by atoms with E-state index in [-0.39, 0.29) is 5.56 Å². The lowest BCUT2D eigenvalue weighted by Gasteiger charge is -2.06. The molecule has 16 heavy (non-hydrogen) atoms. The van der Waals surface area contributed by atoms with Crippen molar-refractivity contribution in [3.05, 3.63) is 41.5 Å². The molecule has 0 unspecified atom stereocenters. The molecule has 0 amide bonds. The van der Waals surface area contributed by atoms with Gasteiger partial charge in [-0.15, -0.1) is 0 Å². The highest BCUT2D eigenvalue weighted by Crippen LogP contribution is 2.12. The van der Waals surface area contributed by atoms with Crippen LogP contribution in [0.1, 0.15) is 21.7 Å². The number of aromatic carboxylic acids is 1. The Balaban J connectivity index is 2.46. The lowest BCUT2D eigenvalue weighted by molar-refractivity contribution is 0.0696. The largest absolute Gasteiger partial charge is 0.478 e. The molecule has 2 aromatic rings. The molecule has 1 N–H and O–H groups in total. The predicted molar refractivity (Wildman–Crippen MR) is 57.8 cm³/mol. The molecule has 0 aliphatic rings. The van der Waals surface area contributed by atoms with E-state index in [1.165, 1.54) is 12.4 Å². The molecule has 0 radical (unpaired) electrons. The molecular weight excluding hydrogens is 206 g/mol. The Bertz CT molecular complexity index is 509. The third-order valence-corrected chi connectivity index (χ3v) is 2.36. The van der Waals surface area contributed by atoms with Crippen molar-refractivity contribution in [3.63, 3.8) is 0 Å². The molecule has 0 spiro atoms. The zero-order valence-electron chi connectivity index (χ0n) is 9.01. The van der Waals surface area contributed by atoms with Gasteiger partial charge in [0.2, 0.25) is 5.95 Å². The van der Waals surface area contributed by atoms with Crippen molar-refractivity contribution in [1.29, 1.82) is 0 Å². The molecule has 82 valence electrons. The van der Waals surface area contributed by atoms with Gasteiger partial charge in [0, 0.05) is 23.8 Å². The molecule has 0 aliphatic heterocycles. The van der Waals surface area contributed by atoms with Crippen LogP contribution in [0.2, 0.25) is 0 Å². The van der Waals surface area contributed by atoms with E-state index in [1.807, 2.05) is 30.5 Å². The Morgan fingerprint density at radius 3 is 2.12 bits per heavy atom. The number of aryl methyl sites for hydroxylation is 2. The van der Waals surface area contributed by atoms with Crippen LogP contribution in [0, 0.1) is 13.8 Å². The maximum atomic E-state index is 10.6. The van der Waals surface area contributed by atoms with Crippen LogP contribution in [0.3, 0.4) is 0 Å². The summed E-state index contributed by atoms with van der Waals surface area (Å²) in [6.07, 6.45) is 2.62. The summed E-state index contributed by atoms with van der Waals surface area (Å²) in [5.41, 5.74) is 2.12. The first-order valence-electron chi connectivity index (χ1n) is 4.80. The van der Waals surface area contributed by atoms with Crippen LogP contribution in [-0.4, -0.2) is 25.6 Å². The van der Waals surface area contributed by atoms with Gasteiger partial charge in [-0.2, -0.15) is 0 Å². The van der Waals surface area contributed by atoms with E-state index in [0.29, 0.717) is 5.95 Å². The van der Waals surface area contributed by atoms with Gasteiger partial charge in [0.1, 0.15) is 0 Å². The van der Waals surface area contributed by atoms with Gasteiger partial charge in [0.05, 0.1) is 5.56 Å². The van der Waals surface area contributed by atoms with Crippen LogP contribution in [-0.2, 0) is 0 Å². The molecule has 0 saturated carbocycles. The van der Waals surface area contributed by atoms with Crippen LogP contribution in [0.25, 0.3) is 5.95 Å². The number of rotatable bonds is 2. The Hall–Kier alpha value is -2.17. The van der Waals surface area contributed by atoms with E-state index in [4.69, 9.17) is 5.11 Å². The van der Waals surface area contributed by atoms with Gasteiger partial charge < -0.3 is 5.11 Å². The molecule has 5 heteroatoms. The number of nitrogens with zero attached hydrogens (tertiary/aromatic N) is 3. The summed E-state index contributed by atoms with van der Waals surface area (Å²) in [6.45, 7) is 3.89. The first-order valence-corrected chi connectivity index (χ1v) is 4.80. The molecule has 2 aromatic heterocycles. The Kier molecular flexibility index (Phi) is 2.44. The maximum Gasteiger partial charge on any atom is 0.338 e. The minimum atomic E-state index is -1.02. The quantitative estimate of drug-likeness (QED) is 0.829. The van der Waals surface area contributed by atoms with Crippen molar-refractivity contribution in [3.8, 4) is 5.95 Å². The van der Waals surface area contributed by atoms with E-state index in [0.717, 1.165) is 11.4 Å². The van der Waals surface area contributed by atoms with Gasteiger partial charge in [0.15, 0.2) is 0 Å². The van der Waals surface area contributed by atoms with Crippen molar-refractivity contribution in [2.45, 2.75) is 13.8 Å². The van der Waals surface area contributed by atoms with Gasteiger partial charge in [0.25, 0.3) is 0 Å². The van der Waals surface area contributed by atoms with Crippen LogP contribution in [0.5, 0.6) is 0 Å². The van der Waals surface area contributed by atoms with E-state index in [1.54, 1.807) is 0 Å². The molecule has 0 bridgehead atoms. The zero-order valence-corrected chi connectivity index (χ0v) is 9.01. The predicted octanol–water partition coefficient (Wildman–Crippen LogP) is 1.58. The van der Waals surface area contributed by atoms with Gasteiger partial charge in [-0.25, -0.2) is 14.8 Å². The average Bonchev–Trinajstić information content (AvgIpc) is 2.59. The molecule has 2 heterocycles. The second-order valence-electron chi connectivity index (χ2n) is 3.53. The van der Waals surface area contributed by atoms with Gasteiger partial charge in [-0.05, 0) is 26.0 Å². The first-order chi connectivity index (χ1) is 7.59. The van der Waals surface area contributed by atoms with Crippen molar-refractivity contribution >= 4 is 5.97 Å². The fraction of sp³-hybridized carbons (Fsp3) is 0.182. The second-order valence-corrected chi connectivity index (χ2v) is 3.53. The van der Waals surface area contributed by atoms with Crippen molar-refractivity contribution in [2.24, 2.45) is 0 Å². The third-order valence-electron chi connectivity index (χ3n) is 2.36. The van der Waals surface area contributed by atoms with E-state index < -0.39 is 5.97 Å². The lowest BCUT2D eigenvalue weighted by Crippen LogP contribution is -2.06. The fourth-order valence-electron chi connectivity index (χ4n) is 1.53. The molecule has 0 aromatic carbocycles.